The molecule has 98 valence electrons. The number of ether oxygens (including phenoxy) is 1. The molecule has 18 heavy (non-hydrogen) atoms. The highest BCUT2D eigenvalue weighted by molar-refractivity contribution is 5.89. The molecule has 5 N–H and O–H groups in total. The molecule has 2 amide bonds. The number of hydrogen-bond acceptors (Lipinski definition) is 4. The summed E-state index contributed by atoms with van der Waals surface area (Å²) in [6.45, 7) is 0.290. The molecule has 1 aromatic rings. The summed E-state index contributed by atoms with van der Waals surface area (Å²) in [6.07, 6.45) is 0.284. The van der Waals surface area contributed by atoms with Crippen LogP contribution in [-0.4, -0.2) is 30.7 Å². The second-order valence-corrected chi connectivity index (χ2v) is 3.45. The fourth-order valence-corrected chi connectivity index (χ4v) is 1.20. The number of amidine groups is 1. The molecule has 1 aromatic carbocycles. The molecular formula is C11H16N4O3. The van der Waals surface area contributed by atoms with E-state index in [9.17, 15) is 4.79 Å². The molecule has 0 aliphatic heterocycles. The normalized spacial score (nSPS) is 10.8. The number of rotatable bonds is 5. The zero-order valence-corrected chi connectivity index (χ0v) is 10.0. The van der Waals surface area contributed by atoms with Gasteiger partial charge in [-0.1, -0.05) is 5.16 Å². The molecule has 0 saturated heterocycles. The first kappa shape index (κ1) is 13.6. The number of nitrogens with two attached hydrogens (primary N) is 1. The standard InChI is InChI=1S/C11H16N4O3/c1-18-9-4-2-8(3-5-9)14-11(16)13-7-6-10(12)15-17/h2-5,17H,6-7H2,1H3,(H2,12,15)(H2,13,14,16). The average Bonchev–Trinajstić information content (AvgIpc) is 2.39. The quantitative estimate of drug-likeness (QED) is 0.271. The number of carbonyl (C=O) groups excluding carboxylic acids is 1. The Labute approximate surface area is 105 Å². The number of anilines is 1. The summed E-state index contributed by atoms with van der Waals surface area (Å²) in [5.41, 5.74) is 5.91. The summed E-state index contributed by atoms with van der Waals surface area (Å²) < 4.78 is 5.00. The van der Waals surface area contributed by atoms with E-state index in [0.717, 1.165) is 0 Å². The highest BCUT2D eigenvalue weighted by Crippen LogP contribution is 2.14. The van der Waals surface area contributed by atoms with Crippen LogP contribution in [-0.2, 0) is 0 Å². The van der Waals surface area contributed by atoms with E-state index in [1.165, 1.54) is 0 Å². The average molecular weight is 252 g/mol. The van der Waals surface area contributed by atoms with Crippen molar-refractivity contribution in [2.75, 3.05) is 19.0 Å². The van der Waals surface area contributed by atoms with Gasteiger partial charge in [0, 0.05) is 18.7 Å². The molecule has 1 rings (SSSR count). The first-order chi connectivity index (χ1) is 8.65. The minimum atomic E-state index is -0.356. The first-order valence-electron chi connectivity index (χ1n) is 5.31. The van der Waals surface area contributed by atoms with Crippen molar-refractivity contribution < 1.29 is 14.7 Å². The predicted molar refractivity (Wildman–Crippen MR) is 68.0 cm³/mol. The molecule has 0 saturated carbocycles. The van der Waals surface area contributed by atoms with E-state index in [2.05, 4.69) is 15.8 Å². The molecule has 0 fully saturated rings. The molecule has 0 bridgehead atoms. The van der Waals surface area contributed by atoms with Crippen LogP contribution in [0.5, 0.6) is 5.75 Å². The zero-order chi connectivity index (χ0) is 13.4. The maximum Gasteiger partial charge on any atom is 0.319 e. The minimum Gasteiger partial charge on any atom is -0.497 e. The van der Waals surface area contributed by atoms with Gasteiger partial charge >= 0.3 is 6.03 Å². The number of methoxy groups -OCH3 is 1. The van der Waals surface area contributed by atoms with Crippen LogP contribution in [0.3, 0.4) is 0 Å². The Balaban J connectivity index is 2.35. The largest absolute Gasteiger partial charge is 0.497 e. The van der Waals surface area contributed by atoms with Crippen molar-refractivity contribution in [3.63, 3.8) is 0 Å². The fraction of sp³-hybridized carbons (Fsp3) is 0.273. The Hall–Kier alpha value is -2.44. The van der Waals surface area contributed by atoms with Crippen molar-refractivity contribution in [2.24, 2.45) is 10.9 Å². The van der Waals surface area contributed by atoms with E-state index < -0.39 is 0 Å². The summed E-state index contributed by atoms with van der Waals surface area (Å²) in [5.74, 6) is 0.785. The van der Waals surface area contributed by atoms with Crippen molar-refractivity contribution in [2.45, 2.75) is 6.42 Å². The molecule has 0 atom stereocenters. The van der Waals surface area contributed by atoms with E-state index in [4.69, 9.17) is 15.7 Å². The molecule has 0 radical (unpaired) electrons. The highest BCUT2D eigenvalue weighted by atomic mass is 16.5. The number of nitrogens with one attached hydrogen (secondary N) is 2. The summed E-state index contributed by atoms with van der Waals surface area (Å²) in [7, 11) is 1.57. The number of amides is 2. The van der Waals surface area contributed by atoms with Gasteiger partial charge < -0.3 is 26.3 Å². The van der Waals surface area contributed by atoms with E-state index in [1.807, 2.05) is 0 Å². The Morgan fingerprint density at radius 3 is 2.67 bits per heavy atom. The maximum atomic E-state index is 11.4. The lowest BCUT2D eigenvalue weighted by atomic mass is 10.3. The SMILES string of the molecule is COc1ccc(NC(=O)NCCC(N)=NO)cc1. The summed E-state index contributed by atoms with van der Waals surface area (Å²) in [6, 6.07) is 6.58. The Morgan fingerprint density at radius 2 is 2.11 bits per heavy atom. The number of nitrogens with zero attached hydrogens (tertiary/aromatic N) is 1. The minimum absolute atomic E-state index is 0.0692. The molecule has 0 aromatic heterocycles. The van der Waals surface area contributed by atoms with E-state index in [1.54, 1.807) is 31.4 Å². The predicted octanol–water partition coefficient (Wildman–Crippen LogP) is 0.953. The smallest absolute Gasteiger partial charge is 0.319 e. The van der Waals surface area contributed by atoms with Crippen molar-refractivity contribution >= 4 is 17.6 Å². The van der Waals surface area contributed by atoms with Gasteiger partial charge in [-0.25, -0.2) is 4.79 Å². The molecule has 0 aliphatic carbocycles. The lowest BCUT2D eigenvalue weighted by Crippen LogP contribution is -2.31. The summed E-state index contributed by atoms with van der Waals surface area (Å²) in [4.78, 5) is 11.4. The van der Waals surface area contributed by atoms with Gasteiger partial charge in [-0.05, 0) is 24.3 Å². The van der Waals surface area contributed by atoms with Crippen LogP contribution < -0.4 is 21.1 Å². The van der Waals surface area contributed by atoms with Crippen molar-refractivity contribution in [1.29, 1.82) is 0 Å². The lowest BCUT2D eigenvalue weighted by molar-refractivity contribution is 0.252. The molecule has 0 aliphatic rings. The van der Waals surface area contributed by atoms with Gasteiger partial charge in [0.1, 0.15) is 11.6 Å². The van der Waals surface area contributed by atoms with Crippen LogP contribution >= 0.6 is 0 Å². The molecule has 0 spiro atoms. The number of carbonyl (C=O) groups is 1. The third kappa shape index (κ3) is 4.60. The molecule has 7 nitrogen and oxygen atoms in total. The van der Waals surface area contributed by atoms with Gasteiger partial charge in [0.15, 0.2) is 0 Å². The van der Waals surface area contributed by atoms with Gasteiger partial charge in [0.05, 0.1) is 7.11 Å². The van der Waals surface area contributed by atoms with Crippen LogP contribution in [0.15, 0.2) is 29.4 Å². The number of benzene rings is 1. The highest BCUT2D eigenvalue weighted by Gasteiger charge is 2.01. The maximum absolute atomic E-state index is 11.4. The lowest BCUT2D eigenvalue weighted by Gasteiger charge is -2.07. The van der Waals surface area contributed by atoms with Gasteiger partial charge in [-0.15, -0.1) is 0 Å². The first-order valence-corrected chi connectivity index (χ1v) is 5.31. The number of urea groups is 1. The van der Waals surface area contributed by atoms with Crippen LogP contribution in [0, 0.1) is 0 Å². The molecule has 7 heteroatoms. The second kappa shape index (κ2) is 7.00. The van der Waals surface area contributed by atoms with Gasteiger partial charge in [0.2, 0.25) is 0 Å². The van der Waals surface area contributed by atoms with E-state index >= 15 is 0 Å². The van der Waals surface area contributed by atoms with Gasteiger partial charge in [-0.3, -0.25) is 0 Å². The van der Waals surface area contributed by atoms with E-state index in [-0.39, 0.29) is 24.8 Å². The zero-order valence-electron chi connectivity index (χ0n) is 10.0. The van der Waals surface area contributed by atoms with Crippen LogP contribution in [0.4, 0.5) is 10.5 Å². The monoisotopic (exact) mass is 252 g/mol. The Kier molecular flexibility index (Phi) is 5.30. The molecule has 0 heterocycles. The Bertz CT molecular complexity index is 417. The summed E-state index contributed by atoms with van der Waals surface area (Å²) in [5, 5.41) is 16.3. The molecular weight excluding hydrogens is 236 g/mol. The number of hydrogen-bond donors (Lipinski definition) is 4. The van der Waals surface area contributed by atoms with Crippen LogP contribution in [0.2, 0.25) is 0 Å². The van der Waals surface area contributed by atoms with Crippen LogP contribution in [0.25, 0.3) is 0 Å². The van der Waals surface area contributed by atoms with Crippen molar-refractivity contribution in [3.8, 4) is 5.75 Å². The number of oxime groups is 1. The van der Waals surface area contributed by atoms with Crippen molar-refractivity contribution in [1.82, 2.24) is 5.32 Å². The fourth-order valence-electron chi connectivity index (χ4n) is 1.20. The topological polar surface area (TPSA) is 109 Å². The van der Waals surface area contributed by atoms with E-state index in [0.29, 0.717) is 11.4 Å². The Morgan fingerprint density at radius 1 is 1.44 bits per heavy atom. The summed E-state index contributed by atoms with van der Waals surface area (Å²) >= 11 is 0. The third-order valence-corrected chi connectivity index (χ3v) is 2.14. The van der Waals surface area contributed by atoms with Gasteiger partial charge in [-0.2, -0.15) is 0 Å². The van der Waals surface area contributed by atoms with Crippen LogP contribution in [0.1, 0.15) is 6.42 Å². The second-order valence-electron chi connectivity index (χ2n) is 3.45. The third-order valence-electron chi connectivity index (χ3n) is 2.14. The van der Waals surface area contributed by atoms with Gasteiger partial charge in [0.25, 0.3) is 0 Å². The molecule has 0 unspecified atom stereocenters. The van der Waals surface area contributed by atoms with Crippen molar-refractivity contribution in [3.05, 3.63) is 24.3 Å².